The number of fused-ring (bicyclic) bond motifs is 1. The van der Waals surface area contributed by atoms with E-state index in [1.54, 1.807) is 36.8 Å². The molecular formula is C19H16N4O3. The Morgan fingerprint density at radius 3 is 2.77 bits per heavy atom. The standard InChI is InChI=1S/C19H16N4O3/c24-18(11-17-19(25)22-15-3-1-2-4-16(15)26-17)21-13-5-7-14(8-6-13)23-10-9-20-12-23/h1-10,12,17H,11H2,(H,21,24)(H,22,25). The Bertz CT molecular complexity index is 936. The van der Waals surface area contributed by atoms with E-state index in [1.165, 1.54) is 0 Å². The number of hydrogen-bond donors (Lipinski definition) is 2. The van der Waals surface area contributed by atoms with Crippen molar-refractivity contribution in [1.82, 2.24) is 9.55 Å². The van der Waals surface area contributed by atoms with Crippen molar-refractivity contribution in [3.63, 3.8) is 0 Å². The molecule has 0 fully saturated rings. The molecule has 1 aromatic heterocycles. The van der Waals surface area contributed by atoms with Crippen molar-refractivity contribution in [3.05, 3.63) is 67.3 Å². The molecule has 1 atom stereocenters. The number of nitrogens with one attached hydrogen (secondary N) is 2. The number of ether oxygens (including phenoxy) is 1. The zero-order valence-electron chi connectivity index (χ0n) is 13.8. The molecule has 130 valence electrons. The molecule has 7 heteroatoms. The first-order chi connectivity index (χ1) is 12.7. The summed E-state index contributed by atoms with van der Waals surface area (Å²) in [4.78, 5) is 28.4. The van der Waals surface area contributed by atoms with Gasteiger partial charge in [-0.2, -0.15) is 0 Å². The minimum atomic E-state index is -0.852. The summed E-state index contributed by atoms with van der Waals surface area (Å²) in [7, 11) is 0. The fourth-order valence-corrected chi connectivity index (χ4v) is 2.74. The number of anilines is 2. The lowest BCUT2D eigenvalue weighted by Crippen LogP contribution is -2.39. The molecule has 1 aliphatic rings. The van der Waals surface area contributed by atoms with Gasteiger partial charge in [-0.25, -0.2) is 4.98 Å². The second-order valence-corrected chi connectivity index (χ2v) is 5.86. The van der Waals surface area contributed by atoms with Crippen LogP contribution in [0, 0.1) is 0 Å². The van der Waals surface area contributed by atoms with Crippen LogP contribution >= 0.6 is 0 Å². The first kappa shape index (κ1) is 15.9. The van der Waals surface area contributed by atoms with Gasteiger partial charge in [-0.15, -0.1) is 0 Å². The average molecular weight is 348 g/mol. The smallest absolute Gasteiger partial charge is 0.266 e. The number of benzene rings is 2. The van der Waals surface area contributed by atoms with E-state index in [-0.39, 0.29) is 18.2 Å². The zero-order chi connectivity index (χ0) is 17.9. The molecule has 26 heavy (non-hydrogen) atoms. The van der Waals surface area contributed by atoms with Crippen LogP contribution in [0.4, 0.5) is 11.4 Å². The molecule has 3 aromatic rings. The lowest BCUT2D eigenvalue weighted by molar-refractivity contribution is -0.128. The largest absolute Gasteiger partial charge is 0.478 e. The van der Waals surface area contributed by atoms with Gasteiger partial charge in [-0.05, 0) is 36.4 Å². The molecule has 2 amide bonds. The van der Waals surface area contributed by atoms with Gasteiger partial charge in [0.1, 0.15) is 5.75 Å². The quantitative estimate of drug-likeness (QED) is 0.759. The van der Waals surface area contributed by atoms with Crippen LogP contribution in [0.15, 0.2) is 67.3 Å². The van der Waals surface area contributed by atoms with Gasteiger partial charge in [0.25, 0.3) is 5.91 Å². The van der Waals surface area contributed by atoms with Crippen LogP contribution in [0.5, 0.6) is 5.75 Å². The molecule has 4 rings (SSSR count). The highest BCUT2D eigenvalue weighted by molar-refractivity contribution is 6.01. The molecule has 0 radical (unpaired) electrons. The zero-order valence-corrected chi connectivity index (χ0v) is 13.8. The first-order valence-corrected chi connectivity index (χ1v) is 8.14. The first-order valence-electron chi connectivity index (χ1n) is 8.14. The fraction of sp³-hybridized carbons (Fsp3) is 0.105. The summed E-state index contributed by atoms with van der Waals surface area (Å²) in [5.41, 5.74) is 2.20. The van der Waals surface area contributed by atoms with Gasteiger partial charge in [-0.1, -0.05) is 12.1 Å². The SMILES string of the molecule is O=C(CC1Oc2ccccc2NC1=O)Nc1ccc(-n2ccnc2)cc1. The molecule has 0 bridgehead atoms. The lowest BCUT2D eigenvalue weighted by Gasteiger charge is -2.25. The predicted octanol–water partition coefficient (Wildman–Crippen LogP) is 2.60. The Kier molecular flexibility index (Phi) is 4.10. The third-order valence-electron chi connectivity index (χ3n) is 4.03. The highest BCUT2D eigenvalue weighted by Gasteiger charge is 2.29. The second kappa shape index (κ2) is 6.72. The number of aromatic nitrogens is 2. The highest BCUT2D eigenvalue weighted by Crippen LogP contribution is 2.29. The van der Waals surface area contributed by atoms with Gasteiger partial charge in [-0.3, -0.25) is 9.59 Å². The fourth-order valence-electron chi connectivity index (χ4n) is 2.74. The second-order valence-electron chi connectivity index (χ2n) is 5.86. The monoisotopic (exact) mass is 348 g/mol. The van der Waals surface area contributed by atoms with Crippen LogP contribution in [-0.4, -0.2) is 27.5 Å². The van der Waals surface area contributed by atoms with E-state index in [9.17, 15) is 9.59 Å². The minimum absolute atomic E-state index is 0.0660. The van der Waals surface area contributed by atoms with Gasteiger partial charge in [0.15, 0.2) is 6.10 Å². The number of nitrogens with zero attached hydrogens (tertiary/aromatic N) is 2. The molecule has 0 spiro atoms. The van der Waals surface area contributed by atoms with E-state index in [2.05, 4.69) is 15.6 Å². The summed E-state index contributed by atoms with van der Waals surface area (Å²) in [6, 6.07) is 14.5. The van der Waals surface area contributed by atoms with Crippen molar-refractivity contribution in [2.75, 3.05) is 10.6 Å². The summed E-state index contributed by atoms with van der Waals surface area (Å²) < 4.78 is 7.50. The lowest BCUT2D eigenvalue weighted by atomic mass is 10.1. The number of amides is 2. The van der Waals surface area contributed by atoms with Crippen molar-refractivity contribution in [2.24, 2.45) is 0 Å². The topological polar surface area (TPSA) is 85.2 Å². The number of para-hydroxylation sites is 2. The molecule has 2 N–H and O–H groups in total. The molecule has 2 heterocycles. The maximum absolute atomic E-state index is 12.3. The molecule has 0 saturated heterocycles. The molecular weight excluding hydrogens is 332 g/mol. The van der Waals surface area contributed by atoms with E-state index >= 15 is 0 Å². The van der Waals surface area contributed by atoms with Crippen LogP contribution in [0.1, 0.15) is 6.42 Å². The Labute approximate surface area is 149 Å². The van der Waals surface area contributed by atoms with E-state index in [1.807, 2.05) is 35.0 Å². The number of hydrogen-bond acceptors (Lipinski definition) is 4. The van der Waals surface area contributed by atoms with Crippen LogP contribution in [0.3, 0.4) is 0 Å². The van der Waals surface area contributed by atoms with E-state index in [0.29, 0.717) is 17.1 Å². The summed E-state index contributed by atoms with van der Waals surface area (Å²) in [6.45, 7) is 0. The predicted molar refractivity (Wildman–Crippen MR) is 96.3 cm³/mol. The average Bonchev–Trinajstić information content (AvgIpc) is 3.17. The minimum Gasteiger partial charge on any atom is -0.478 e. The van der Waals surface area contributed by atoms with Crippen LogP contribution < -0.4 is 15.4 Å². The molecule has 7 nitrogen and oxygen atoms in total. The van der Waals surface area contributed by atoms with Gasteiger partial charge in [0, 0.05) is 23.8 Å². The van der Waals surface area contributed by atoms with E-state index in [4.69, 9.17) is 4.74 Å². The molecule has 2 aromatic carbocycles. The van der Waals surface area contributed by atoms with Crippen molar-refractivity contribution in [3.8, 4) is 11.4 Å². The molecule has 0 saturated carbocycles. The highest BCUT2D eigenvalue weighted by atomic mass is 16.5. The third-order valence-corrected chi connectivity index (χ3v) is 4.03. The van der Waals surface area contributed by atoms with Gasteiger partial charge in [0.2, 0.25) is 5.91 Å². The maximum atomic E-state index is 12.3. The molecule has 1 unspecified atom stereocenters. The summed E-state index contributed by atoms with van der Waals surface area (Å²) in [5, 5.41) is 5.53. The maximum Gasteiger partial charge on any atom is 0.266 e. The van der Waals surface area contributed by atoms with Crippen molar-refractivity contribution >= 4 is 23.2 Å². The van der Waals surface area contributed by atoms with Crippen LogP contribution in [0.25, 0.3) is 5.69 Å². The number of carbonyl (C=O) groups excluding carboxylic acids is 2. The Balaban J connectivity index is 1.39. The van der Waals surface area contributed by atoms with E-state index in [0.717, 1.165) is 5.69 Å². The summed E-state index contributed by atoms with van der Waals surface area (Å²) in [5.74, 6) is -0.0520. The Morgan fingerprint density at radius 2 is 2.00 bits per heavy atom. The summed E-state index contributed by atoms with van der Waals surface area (Å²) in [6.07, 6.45) is 4.32. The molecule has 0 aliphatic carbocycles. The van der Waals surface area contributed by atoms with Crippen molar-refractivity contribution in [1.29, 1.82) is 0 Å². The molecule has 1 aliphatic heterocycles. The number of imidazole rings is 1. The number of carbonyl (C=O) groups is 2. The van der Waals surface area contributed by atoms with Crippen molar-refractivity contribution < 1.29 is 14.3 Å². The van der Waals surface area contributed by atoms with Gasteiger partial charge in [0.05, 0.1) is 18.4 Å². The van der Waals surface area contributed by atoms with E-state index < -0.39 is 6.10 Å². The normalized spacial score (nSPS) is 15.5. The van der Waals surface area contributed by atoms with Crippen LogP contribution in [0.2, 0.25) is 0 Å². The van der Waals surface area contributed by atoms with Crippen LogP contribution in [-0.2, 0) is 9.59 Å². The number of rotatable bonds is 4. The Morgan fingerprint density at radius 1 is 1.19 bits per heavy atom. The Hall–Kier alpha value is -3.61. The van der Waals surface area contributed by atoms with Gasteiger partial charge >= 0.3 is 0 Å². The van der Waals surface area contributed by atoms with Gasteiger partial charge < -0.3 is 19.9 Å². The summed E-state index contributed by atoms with van der Waals surface area (Å²) >= 11 is 0. The van der Waals surface area contributed by atoms with Crippen molar-refractivity contribution in [2.45, 2.75) is 12.5 Å². The third kappa shape index (κ3) is 3.27.